The van der Waals surface area contributed by atoms with Gasteiger partial charge in [0.25, 0.3) is 5.91 Å². The molecule has 1 aliphatic rings. The molecule has 3 heterocycles. The number of nitrogens with zero attached hydrogens (tertiary/aromatic N) is 3. The quantitative estimate of drug-likeness (QED) is 0.867. The van der Waals surface area contributed by atoms with E-state index in [1.54, 1.807) is 0 Å². The van der Waals surface area contributed by atoms with Crippen molar-refractivity contribution >= 4 is 23.1 Å². The van der Waals surface area contributed by atoms with Crippen LogP contribution in [-0.2, 0) is 4.74 Å². The number of pyridine rings is 1. The molecule has 1 saturated heterocycles. The molecule has 0 bridgehead atoms. The Balaban J connectivity index is 1.75. The molecule has 1 fully saturated rings. The molecule has 5 nitrogen and oxygen atoms in total. The third kappa shape index (κ3) is 3.54. The van der Waals surface area contributed by atoms with Gasteiger partial charge >= 0.3 is 0 Å². The van der Waals surface area contributed by atoms with Crippen LogP contribution in [0, 0.1) is 6.92 Å². The average molecular weight is 331 g/mol. The smallest absolute Gasteiger partial charge is 0.264 e. The standard InChI is InChI=1S/C17H21N3O2S/c1-12-7-8-15(23-12)17(21)20-9-10-22-14(11-20)13-5-4-6-16(18-13)19(2)3/h4-8,14H,9-11H2,1-3H3/t14-/m0/s1. The van der Waals surface area contributed by atoms with Gasteiger partial charge in [-0.1, -0.05) is 6.07 Å². The lowest BCUT2D eigenvalue weighted by Gasteiger charge is -2.32. The monoisotopic (exact) mass is 331 g/mol. The number of hydrogen-bond acceptors (Lipinski definition) is 5. The maximum atomic E-state index is 12.6. The Morgan fingerprint density at radius 3 is 2.87 bits per heavy atom. The van der Waals surface area contributed by atoms with E-state index in [9.17, 15) is 4.79 Å². The van der Waals surface area contributed by atoms with Crippen LogP contribution >= 0.6 is 11.3 Å². The maximum absolute atomic E-state index is 12.6. The van der Waals surface area contributed by atoms with Crippen molar-refractivity contribution in [3.05, 3.63) is 45.8 Å². The van der Waals surface area contributed by atoms with Crippen LogP contribution in [0.15, 0.2) is 30.3 Å². The van der Waals surface area contributed by atoms with Gasteiger partial charge in [-0.3, -0.25) is 4.79 Å². The largest absolute Gasteiger partial charge is 0.368 e. The van der Waals surface area contributed by atoms with E-state index >= 15 is 0 Å². The Kier molecular flexibility index (Phi) is 4.63. The fourth-order valence-corrected chi connectivity index (χ4v) is 3.42. The fourth-order valence-electron chi connectivity index (χ4n) is 2.59. The van der Waals surface area contributed by atoms with E-state index in [0.717, 1.165) is 21.3 Å². The fraction of sp³-hybridized carbons (Fsp3) is 0.412. The van der Waals surface area contributed by atoms with Crippen molar-refractivity contribution in [2.45, 2.75) is 13.0 Å². The lowest BCUT2D eigenvalue weighted by atomic mass is 10.1. The van der Waals surface area contributed by atoms with Crippen molar-refractivity contribution in [2.75, 3.05) is 38.7 Å². The van der Waals surface area contributed by atoms with Crippen LogP contribution in [0.5, 0.6) is 0 Å². The first-order chi connectivity index (χ1) is 11.0. The molecular weight excluding hydrogens is 310 g/mol. The highest BCUT2D eigenvalue weighted by Gasteiger charge is 2.27. The lowest BCUT2D eigenvalue weighted by molar-refractivity contribution is -0.0245. The van der Waals surface area contributed by atoms with Gasteiger partial charge in [0.1, 0.15) is 11.9 Å². The molecule has 0 unspecified atom stereocenters. The summed E-state index contributed by atoms with van der Waals surface area (Å²) < 4.78 is 5.85. The first kappa shape index (κ1) is 16.0. The molecule has 0 radical (unpaired) electrons. The molecule has 3 rings (SSSR count). The van der Waals surface area contributed by atoms with Gasteiger partial charge in [-0.25, -0.2) is 4.98 Å². The molecule has 0 saturated carbocycles. The van der Waals surface area contributed by atoms with Crippen LogP contribution in [0.25, 0.3) is 0 Å². The third-order valence-electron chi connectivity index (χ3n) is 3.85. The van der Waals surface area contributed by atoms with Gasteiger partial charge in [0.2, 0.25) is 0 Å². The van der Waals surface area contributed by atoms with Gasteiger partial charge in [-0.05, 0) is 31.2 Å². The van der Waals surface area contributed by atoms with Crippen molar-refractivity contribution in [3.8, 4) is 0 Å². The predicted octanol–water partition coefficient (Wildman–Crippen LogP) is 2.73. The summed E-state index contributed by atoms with van der Waals surface area (Å²) in [5.74, 6) is 0.976. The number of thiophene rings is 1. The number of hydrogen-bond donors (Lipinski definition) is 0. The summed E-state index contributed by atoms with van der Waals surface area (Å²) in [5.41, 5.74) is 0.871. The molecule has 2 aromatic rings. The van der Waals surface area contributed by atoms with Crippen molar-refractivity contribution < 1.29 is 9.53 Å². The predicted molar refractivity (Wildman–Crippen MR) is 92.2 cm³/mol. The third-order valence-corrected chi connectivity index (χ3v) is 4.84. The molecule has 2 aromatic heterocycles. The average Bonchev–Trinajstić information content (AvgIpc) is 3.01. The van der Waals surface area contributed by atoms with E-state index < -0.39 is 0 Å². The molecule has 122 valence electrons. The summed E-state index contributed by atoms with van der Waals surface area (Å²) >= 11 is 1.54. The summed E-state index contributed by atoms with van der Waals surface area (Å²) in [6, 6.07) is 9.78. The number of aryl methyl sites for hydroxylation is 1. The second-order valence-corrected chi connectivity index (χ2v) is 7.12. The topological polar surface area (TPSA) is 45.7 Å². The zero-order valence-electron chi connectivity index (χ0n) is 13.7. The minimum atomic E-state index is -0.173. The first-order valence-corrected chi connectivity index (χ1v) is 8.48. The van der Waals surface area contributed by atoms with Crippen LogP contribution in [-0.4, -0.2) is 49.6 Å². The highest BCUT2D eigenvalue weighted by molar-refractivity contribution is 7.13. The van der Waals surface area contributed by atoms with Crippen molar-refractivity contribution in [1.82, 2.24) is 9.88 Å². The van der Waals surface area contributed by atoms with Gasteiger partial charge in [0.05, 0.1) is 23.7 Å². The molecule has 1 atom stereocenters. The summed E-state index contributed by atoms with van der Waals surface area (Å²) in [6.07, 6.45) is -0.173. The Morgan fingerprint density at radius 2 is 2.17 bits per heavy atom. The Morgan fingerprint density at radius 1 is 1.35 bits per heavy atom. The van der Waals surface area contributed by atoms with Crippen molar-refractivity contribution in [2.24, 2.45) is 0 Å². The van der Waals surface area contributed by atoms with E-state index in [1.807, 2.05) is 61.2 Å². The molecule has 0 aromatic carbocycles. The number of anilines is 1. The highest BCUT2D eigenvalue weighted by atomic mass is 32.1. The first-order valence-electron chi connectivity index (χ1n) is 7.66. The van der Waals surface area contributed by atoms with Gasteiger partial charge in [-0.15, -0.1) is 11.3 Å². The van der Waals surface area contributed by atoms with Gasteiger partial charge < -0.3 is 14.5 Å². The van der Waals surface area contributed by atoms with Gasteiger partial charge in [-0.2, -0.15) is 0 Å². The number of rotatable bonds is 3. The zero-order valence-corrected chi connectivity index (χ0v) is 14.5. The van der Waals surface area contributed by atoms with Crippen LogP contribution in [0.4, 0.5) is 5.82 Å². The minimum absolute atomic E-state index is 0.0835. The lowest BCUT2D eigenvalue weighted by Crippen LogP contribution is -2.42. The number of aromatic nitrogens is 1. The normalized spacial score (nSPS) is 18.0. The van der Waals surface area contributed by atoms with Crippen LogP contribution in [0.2, 0.25) is 0 Å². The van der Waals surface area contributed by atoms with E-state index in [4.69, 9.17) is 4.74 Å². The summed E-state index contributed by atoms with van der Waals surface area (Å²) in [5, 5.41) is 0. The van der Waals surface area contributed by atoms with E-state index in [0.29, 0.717) is 19.7 Å². The van der Waals surface area contributed by atoms with Crippen LogP contribution < -0.4 is 4.90 Å². The number of amides is 1. The van der Waals surface area contributed by atoms with E-state index in [2.05, 4.69) is 4.98 Å². The Labute approximate surface area is 140 Å². The number of morpholine rings is 1. The second-order valence-electron chi connectivity index (χ2n) is 5.84. The van der Waals surface area contributed by atoms with Crippen LogP contribution in [0.3, 0.4) is 0 Å². The Bertz CT molecular complexity index is 699. The molecule has 1 amide bonds. The molecule has 0 N–H and O–H groups in total. The summed E-state index contributed by atoms with van der Waals surface area (Å²) in [4.78, 5) is 23.0. The molecule has 1 aliphatic heterocycles. The van der Waals surface area contributed by atoms with Gasteiger partial charge in [0, 0.05) is 25.5 Å². The molecule has 6 heteroatoms. The van der Waals surface area contributed by atoms with Crippen molar-refractivity contribution in [3.63, 3.8) is 0 Å². The SMILES string of the molecule is Cc1ccc(C(=O)N2CCO[C@H](c3cccc(N(C)C)n3)C2)s1. The summed E-state index contributed by atoms with van der Waals surface area (Å²) in [7, 11) is 3.92. The van der Waals surface area contributed by atoms with Crippen molar-refractivity contribution in [1.29, 1.82) is 0 Å². The maximum Gasteiger partial charge on any atom is 0.264 e. The second kappa shape index (κ2) is 6.68. The van der Waals surface area contributed by atoms with E-state index in [-0.39, 0.29) is 12.0 Å². The number of ether oxygens (including phenoxy) is 1. The minimum Gasteiger partial charge on any atom is -0.368 e. The van der Waals surface area contributed by atoms with Crippen LogP contribution in [0.1, 0.15) is 26.3 Å². The molecule has 0 aliphatic carbocycles. The number of carbonyl (C=O) groups is 1. The molecular formula is C17H21N3O2S. The summed E-state index contributed by atoms with van der Waals surface area (Å²) in [6.45, 7) is 3.72. The molecule has 23 heavy (non-hydrogen) atoms. The zero-order chi connectivity index (χ0) is 16.4. The number of carbonyl (C=O) groups excluding carboxylic acids is 1. The highest BCUT2D eigenvalue weighted by Crippen LogP contribution is 2.25. The van der Waals surface area contributed by atoms with E-state index in [1.165, 1.54) is 11.3 Å². The molecule has 0 spiro atoms. The Hall–Kier alpha value is -1.92. The van der Waals surface area contributed by atoms with Gasteiger partial charge in [0.15, 0.2) is 0 Å².